The Morgan fingerprint density at radius 3 is 3.00 bits per heavy atom. The third kappa shape index (κ3) is 1.55. The minimum atomic E-state index is 0.0899. The third-order valence-corrected chi connectivity index (χ3v) is 2.11. The van der Waals surface area contributed by atoms with Crippen LogP contribution in [0.15, 0.2) is 16.3 Å². The maximum Gasteiger partial charge on any atom is 0.160 e. The highest BCUT2D eigenvalue weighted by atomic mass is 14.9. The maximum atomic E-state index is 4.42. The summed E-state index contributed by atoms with van der Waals surface area (Å²) in [4.78, 5) is 16.9. The van der Waals surface area contributed by atoms with Crippen molar-refractivity contribution < 1.29 is 0 Å². The van der Waals surface area contributed by atoms with Gasteiger partial charge in [0.25, 0.3) is 0 Å². The monoisotopic (exact) mass is 188 g/mol. The fourth-order valence-corrected chi connectivity index (χ4v) is 1.41. The van der Waals surface area contributed by atoms with E-state index in [0.717, 1.165) is 22.8 Å². The average Bonchev–Trinajstić information content (AvgIpc) is 2.37. The van der Waals surface area contributed by atoms with Crippen LogP contribution >= 0.6 is 0 Å². The second-order valence-electron chi connectivity index (χ2n) is 3.21. The van der Waals surface area contributed by atoms with Crippen LogP contribution in [0.4, 0.5) is 0 Å². The van der Waals surface area contributed by atoms with E-state index in [4.69, 9.17) is 0 Å². The smallest absolute Gasteiger partial charge is 0.160 e. The van der Waals surface area contributed by atoms with Crippen molar-refractivity contribution in [2.24, 2.45) is 9.98 Å². The molecule has 0 radical (unpaired) electrons. The number of hydrogen-bond acceptors (Lipinski definition) is 4. The summed E-state index contributed by atoms with van der Waals surface area (Å²) < 4.78 is 0. The van der Waals surface area contributed by atoms with Gasteiger partial charge in [0, 0.05) is 12.4 Å². The van der Waals surface area contributed by atoms with Crippen molar-refractivity contribution >= 4 is 12.4 Å². The van der Waals surface area contributed by atoms with E-state index in [0.29, 0.717) is 0 Å². The molecule has 0 aliphatic carbocycles. The van der Waals surface area contributed by atoms with E-state index >= 15 is 0 Å². The lowest BCUT2D eigenvalue weighted by Gasteiger charge is -1.96. The summed E-state index contributed by atoms with van der Waals surface area (Å²) in [5, 5.41) is 0.954. The summed E-state index contributed by atoms with van der Waals surface area (Å²) in [6.07, 6.45) is 6.04. The quantitative estimate of drug-likeness (QED) is 0.616. The van der Waals surface area contributed by atoms with Gasteiger partial charge in [-0.2, -0.15) is 0 Å². The van der Waals surface area contributed by atoms with Gasteiger partial charge in [-0.3, -0.25) is 9.98 Å². The summed E-state index contributed by atoms with van der Waals surface area (Å²) in [5.41, 5.74) is 1.76. The molecular weight excluding hydrogens is 176 g/mol. The van der Waals surface area contributed by atoms with Crippen LogP contribution in [0.5, 0.6) is 0 Å². The van der Waals surface area contributed by atoms with Crippen LogP contribution in [0, 0.1) is 0 Å². The molecule has 1 unspecified atom stereocenters. The van der Waals surface area contributed by atoms with Crippen LogP contribution in [-0.4, -0.2) is 22.2 Å². The third-order valence-electron chi connectivity index (χ3n) is 2.11. The van der Waals surface area contributed by atoms with Gasteiger partial charge >= 0.3 is 0 Å². The topological polar surface area (TPSA) is 50.5 Å². The van der Waals surface area contributed by atoms with E-state index in [1.807, 2.05) is 6.92 Å². The zero-order valence-electron chi connectivity index (χ0n) is 8.31. The minimum absolute atomic E-state index is 0.0899. The molecule has 2 rings (SSSR count). The molecule has 72 valence electrons. The van der Waals surface area contributed by atoms with Gasteiger partial charge in [-0.1, -0.05) is 6.92 Å². The van der Waals surface area contributed by atoms with E-state index in [1.165, 1.54) is 0 Å². The van der Waals surface area contributed by atoms with Crippen molar-refractivity contribution in [2.45, 2.75) is 26.3 Å². The number of aromatic nitrogens is 2. The van der Waals surface area contributed by atoms with Gasteiger partial charge in [0.05, 0.1) is 17.0 Å². The molecule has 0 bridgehead atoms. The van der Waals surface area contributed by atoms with E-state index in [1.54, 1.807) is 18.7 Å². The maximum absolute atomic E-state index is 4.42. The first-order valence-electron chi connectivity index (χ1n) is 4.72. The average molecular weight is 188 g/mol. The number of rotatable bonds is 1. The van der Waals surface area contributed by atoms with Gasteiger partial charge in [0.1, 0.15) is 6.33 Å². The Hall–Kier alpha value is -1.58. The second kappa shape index (κ2) is 3.65. The molecule has 4 nitrogen and oxygen atoms in total. The second-order valence-corrected chi connectivity index (χ2v) is 3.21. The lowest BCUT2D eigenvalue weighted by Crippen LogP contribution is -2.33. The predicted molar refractivity (Wildman–Crippen MR) is 54.6 cm³/mol. The Bertz CT molecular complexity index is 475. The van der Waals surface area contributed by atoms with Gasteiger partial charge in [0.2, 0.25) is 0 Å². The number of aryl methyl sites for hydroxylation is 1. The van der Waals surface area contributed by atoms with Crippen molar-refractivity contribution in [1.29, 1.82) is 0 Å². The number of nitrogens with zero attached hydrogens (tertiary/aromatic N) is 4. The van der Waals surface area contributed by atoms with Crippen LogP contribution in [-0.2, 0) is 6.42 Å². The zero-order valence-corrected chi connectivity index (χ0v) is 8.31. The highest BCUT2D eigenvalue weighted by Crippen LogP contribution is 1.88. The number of fused-ring (bicyclic) bond motifs is 1. The normalized spacial score (nSPS) is 19.1. The first kappa shape index (κ1) is 8.99. The van der Waals surface area contributed by atoms with Crippen LogP contribution in [0.1, 0.15) is 19.5 Å². The van der Waals surface area contributed by atoms with Gasteiger partial charge in [0.15, 0.2) is 5.49 Å². The molecule has 1 aliphatic heterocycles. The highest BCUT2D eigenvalue weighted by Gasteiger charge is 2.02. The minimum Gasteiger partial charge on any atom is -0.266 e. The molecule has 0 aromatic carbocycles. The molecule has 0 saturated heterocycles. The molecule has 4 heteroatoms. The van der Waals surface area contributed by atoms with Gasteiger partial charge in [-0.25, -0.2) is 9.97 Å². The Morgan fingerprint density at radius 2 is 2.21 bits per heavy atom. The van der Waals surface area contributed by atoms with Crippen molar-refractivity contribution in [3.63, 3.8) is 0 Å². The van der Waals surface area contributed by atoms with Crippen LogP contribution in [0.2, 0.25) is 0 Å². The summed E-state index contributed by atoms with van der Waals surface area (Å²) in [6, 6.07) is 0.0899. The SMILES string of the molecule is CCc1ncnc2c1=CN=CC(C)N=2. The highest BCUT2D eigenvalue weighted by molar-refractivity contribution is 5.67. The van der Waals surface area contributed by atoms with Gasteiger partial charge in [-0.05, 0) is 13.3 Å². The van der Waals surface area contributed by atoms with E-state index in [2.05, 4.69) is 26.9 Å². The first-order valence-corrected chi connectivity index (χ1v) is 4.72. The van der Waals surface area contributed by atoms with E-state index in [-0.39, 0.29) is 6.04 Å². The fraction of sp³-hybridized carbons (Fsp3) is 0.400. The van der Waals surface area contributed by atoms with Crippen molar-refractivity contribution in [2.75, 3.05) is 0 Å². The molecular formula is C10H12N4. The zero-order chi connectivity index (χ0) is 9.97. The molecule has 14 heavy (non-hydrogen) atoms. The Labute approximate surface area is 82.2 Å². The number of aliphatic imine (C=N–C) groups is 1. The predicted octanol–water partition coefficient (Wildman–Crippen LogP) is -0.131. The molecule has 0 fully saturated rings. The van der Waals surface area contributed by atoms with Gasteiger partial charge < -0.3 is 0 Å². The molecule has 0 N–H and O–H groups in total. The molecule has 2 heterocycles. The van der Waals surface area contributed by atoms with Crippen molar-refractivity contribution in [3.8, 4) is 0 Å². The van der Waals surface area contributed by atoms with E-state index in [9.17, 15) is 0 Å². The summed E-state index contributed by atoms with van der Waals surface area (Å²) in [6.45, 7) is 4.05. The fourth-order valence-electron chi connectivity index (χ4n) is 1.41. The molecule has 1 aliphatic rings. The van der Waals surface area contributed by atoms with Crippen LogP contribution in [0.3, 0.4) is 0 Å². The van der Waals surface area contributed by atoms with Crippen molar-refractivity contribution in [3.05, 3.63) is 22.7 Å². The number of hydrogen-bond donors (Lipinski definition) is 0. The lowest BCUT2D eigenvalue weighted by atomic mass is 10.2. The Balaban J connectivity index is 2.76. The molecule has 1 aromatic heterocycles. The molecule has 0 saturated carbocycles. The van der Waals surface area contributed by atoms with Crippen LogP contribution in [0.25, 0.3) is 6.20 Å². The van der Waals surface area contributed by atoms with Gasteiger partial charge in [-0.15, -0.1) is 0 Å². The Kier molecular flexibility index (Phi) is 2.35. The summed E-state index contributed by atoms with van der Waals surface area (Å²) in [7, 11) is 0. The largest absolute Gasteiger partial charge is 0.266 e. The molecule has 0 amide bonds. The molecule has 1 atom stereocenters. The molecule has 1 aromatic rings. The van der Waals surface area contributed by atoms with E-state index < -0.39 is 0 Å². The standard InChI is InChI=1S/C10H12N4/c1-3-9-8-5-11-4-7(2)14-10(8)13-6-12-9/h4-7H,3H2,1-2H3. The summed E-state index contributed by atoms with van der Waals surface area (Å²) in [5.74, 6) is 0. The molecule has 0 spiro atoms. The Morgan fingerprint density at radius 1 is 1.36 bits per heavy atom. The first-order chi connectivity index (χ1) is 6.81. The van der Waals surface area contributed by atoms with Crippen LogP contribution < -0.4 is 10.7 Å². The van der Waals surface area contributed by atoms with Crippen molar-refractivity contribution in [1.82, 2.24) is 9.97 Å². The summed E-state index contributed by atoms with van der Waals surface area (Å²) >= 11 is 0. The lowest BCUT2D eigenvalue weighted by molar-refractivity contribution is 0.875.